The van der Waals surface area contributed by atoms with Crippen molar-refractivity contribution in [2.75, 3.05) is 40.3 Å². The number of esters is 1. The second-order valence-corrected chi connectivity index (χ2v) is 9.68. The maximum atomic E-state index is 13.6. The number of hydrogen-bond acceptors (Lipinski definition) is 5. The van der Waals surface area contributed by atoms with E-state index in [0.717, 1.165) is 25.7 Å². The molecule has 3 heterocycles. The Hall–Kier alpha value is -2.87. The van der Waals surface area contributed by atoms with Gasteiger partial charge in [0.15, 0.2) is 0 Å². The molecule has 0 aromatic heterocycles. The first-order chi connectivity index (χ1) is 16.4. The lowest BCUT2D eigenvalue weighted by Crippen LogP contribution is -2.61. The number of methoxy groups -OCH3 is 1. The van der Waals surface area contributed by atoms with E-state index in [1.807, 2.05) is 35.0 Å². The first-order valence-electron chi connectivity index (χ1n) is 12.2. The molecule has 2 saturated heterocycles. The summed E-state index contributed by atoms with van der Waals surface area (Å²) in [5.41, 5.74) is 2.41. The van der Waals surface area contributed by atoms with Crippen molar-refractivity contribution < 1.29 is 24.2 Å². The van der Waals surface area contributed by atoms with E-state index in [1.165, 1.54) is 23.1 Å². The Kier molecular flexibility index (Phi) is 7.56. The fraction of sp³-hybridized carbons (Fsp3) is 0.577. The third kappa shape index (κ3) is 4.97. The van der Waals surface area contributed by atoms with Gasteiger partial charge in [-0.05, 0) is 56.2 Å². The van der Waals surface area contributed by atoms with E-state index in [-0.39, 0.29) is 17.9 Å². The van der Waals surface area contributed by atoms with Crippen LogP contribution in [0.2, 0.25) is 0 Å². The highest BCUT2D eigenvalue weighted by Crippen LogP contribution is 2.36. The first kappa shape index (κ1) is 24.3. The maximum Gasteiger partial charge on any atom is 0.407 e. The number of rotatable bonds is 4. The SMILES string of the molecule is COC(=O)[C@H]1C[C@H](C2CCCCN2C(=O)O)CN(C)[C@@H]1C(=O)N1CC=C(c2ccccc2)CC1. The van der Waals surface area contributed by atoms with Gasteiger partial charge in [-0.15, -0.1) is 0 Å². The zero-order chi connectivity index (χ0) is 24.2. The van der Waals surface area contributed by atoms with Crippen molar-refractivity contribution in [2.45, 2.75) is 44.2 Å². The number of carbonyl (C=O) groups excluding carboxylic acids is 2. The van der Waals surface area contributed by atoms with Gasteiger partial charge in [-0.2, -0.15) is 0 Å². The van der Waals surface area contributed by atoms with E-state index >= 15 is 0 Å². The van der Waals surface area contributed by atoms with Gasteiger partial charge in [-0.25, -0.2) is 4.79 Å². The summed E-state index contributed by atoms with van der Waals surface area (Å²) in [4.78, 5) is 43.6. The third-order valence-electron chi connectivity index (χ3n) is 7.70. The molecule has 2 amide bonds. The second-order valence-electron chi connectivity index (χ2n) is 9.68. The fourth-order valence-corrected chi connectivity index (χ4v) is 5.99. The standard InChI is InChI=1S/C26H35N3O5/c1-27-17-20(22-10-6-7-13-29(22)26(32)33)16-21(25(31)34-2)23(27)24(30)28-14-11-19(12-15-28)18-8-4-3-5-9-18/h3-5,8-9,11,20-23H,6-7,10,12-17H2,1-2H3,(H,32,33)/t20-,21-,22?,23-/m0/s1. The minimum atomic E-state index is -0.908. The number of nitrogens with zero attached hydrogens (tertiary/aromatic N) is 3. The molecule has 8 heteroatoms. The molecule has 1 unspecified atom stereocenters. The van der Waals surface area contributed by atoms with Crippen molar-refractivity contribution >= 4 is 23.5 Å². The number of benzene rings is 1. The van der Waals surface area contributed by atoms with Gasteiger partial charge in [0.25, 0.3) is 0 Å². The van der Waals surface area contributed by atoms with E-state index in [9.17, 15) is 19.5 Å². The average molecular weight is 470 g/mol. The van der Waals surface area contributed by atoms with Gasteiger partial charge in [0.1, 0.15) is 6.04 Å². The molecule has 4 atom stereocenters. The molecule has 0 aliphatic carbocycles. The van der Waals surface area contributed by atoms with Crippen LogP contribution in [0.15, 0.2) is 36.4 Å². The Labute approximate surface area is 201 Å². The molecule has 4 rings (SSSR count). The first-order valence-corrected chi connectivity index (χ1v) is 12.2. The lowest BCUT2D eigenvalue weighted by atomic mass is 9.77. The van der Waals surface area contributed by atoms with E-state index in [4.69, 9.17) is 4.74 Å². The summed E-state index contributed by atoms with van der Waals surface area (Å²) in [7, 11) is 3.22. The lowest BCUT2D eigenvalue weighted by Gasteiger charge is -2.47. The molecule has 1 N–H and O–H groups in total. The molecule has 8 nitrogen and oxygen atoms in total. The predicted octanol–water partition coefficient (Wildman–Crippen LogP) is 2.94. The van der Waals surface area contributed by atoms with Gasteiger partial charge >= 0.3 is 12.1 Å². The molecule has 0 bridgehead atoms. The normalized spacial score (nSPS) is 28.2. The van der Waals surface area contributed by atoms with E-state index in [2.05, 4.69) is 18.2 Å². The molecular weight excluding hydrogens is 434 g/mol. The van der Waals surface area contributed by atoms with Crippen LogP contribution in [0.4, 0.5) is 4.79 Å². The quantitative estimate of drug-likeness (QED) is 0.682. The number of ether oxygens (including phenoxy) is 1. The highest BCUT2D eigenvalue weighted by Gasteiger charge is 2.48. The molecular formula is C26H35N3O5. The molecule has 2 fully saturated rings. The van der Waals surface area contributed by atoms with Crippen LogP contribution in [-0.2, 0) is 14.3 Å². The predicted molar refractivity (Wildman–Crippen MR) is 128 cm³/mol. The summed E-state index contributed by atoms with van der Waals surface area (Å²) >= 11 is 0. The van der Waals surface area contributed by atoms with Gasteiger partial charge in [-0.3, -0.25) is 14.5 Å². The van der Waals surface area contributed by atoms with Crippen molar-refractivity contribution in [3.05, 3.63) is 42.0 Å². The summed E-state index contributed by atoms with van der Waals surface area (Å²) < 4.78 is 5.11. The van der Waals surface area contributed by atoms with Crippen LogP contribution in [0, 0.1) is 11.8 Å². The van der Waals surface area contributed by atoms with Crippen molar-refractivity contribution in [1.82, 2.24) is 14.7 Å². The third-order valence-corrected chi connectivity index (χ3v) is 7.70. The van der Waals surface area contributed by atoms with Crippen molar-refractivity contribution in [3.63, 3.8) is 0 Å². The van der Waals surface area contributed by atoms with Crippen LogP contribution in [0.1, 0.15) is 37.7 Å². The minimum absolute atomic E-state index is 0.0134. The number of likely N-dealkylation sites (N-methyl/N-ethyl adjacent to an activating group) is 1. The van der Waals surface area contributed by atoms with Gasteiger partial charge in [0.2, 0.25) is 5.91 Å². The van der Waals surface area contributed by atoms with Gasteiger partial charge in [0.05, 0.1) is 13.0 Å². The number of carboxylic acid groups (broad SMARTS) is 1. The number of likely N-dealkylation sites (tertiary alicyclic amines) is 2. The van der Waals surface area contributed by atoms with Crippen LogP contribution in [0.25, 0.3) is 5.57 Å². The number of amides is 2. The Morgan fingerprint density at radius 2 is 1.85 bits per heavy atom. The lowest BCUT2D eigenvalue weighted by molar-refractivity contribution is -0.158. The molecule has 0 spiro atoms. The summed E-state index contributed by atoms with van der Waals surface area (Å²) in [6.45, 7) is 2.23. The fourth-order valence-electron chi connectivity index (χ4n) is 5.99. The monoisotopic (exact) mass is 469 g/mol. The Bertz CT molecular complexity index is 934. The average Bonchev–Trinajstić information content (AvgIpc) is 2.88. The van der Waals surface area contributed by atoms with Crippen molar-refractivity contribution in [1.29, 1.82) is 0 Å². The molecule has 0 radical (unpaired) electrons. The Balaban J connectivity index is 1.50. The maximum absolute atomic E-state index is 13.6. The molecule has 3 aliphatic heterocycles. The summed E-state index contributed by atoms with van der Waals surface area (Å²) in [6, 6.07) is 9.44. The largest absolute Gasteiger partial charge is 0.469 e. The number of hydrogen-bond donors (Lipinski definition) is 1. The van der Waals surface area contributed by atoms with Crippen LogP contribution in [-0.4, -0.2) is 90.2 Å². The Morgan fingerprint density at radius 1 is 1.09 bits per heavy atom. The van der Waals surface area contributed by atoms with Crippen LogP contribution in [0.5, 0.6) is 0 Å². The molecule has 34 heavy (non-hydrogen) atoms. The van der Waals surface area contributed by atoms with Crippen molar-refractivity contribution in [2.24, 2.45) is 11.8 Å². The summed E-state index contributed by atoms with van der Waals surface area (Å²) in [5, 5.41) is 9.70. The molecule has 0 saturated carbocycles. The summed E-state index contributed by atoms with van der Waals surface area (Å²) in [5.74, 6) is -1.08. The highest BCUT2D eigenvalue weighted by molar-refractivity contribution is 5.89. The molecule has 3 aliphatic rings. The van der Waals surface area contributed by atoms with Crippen molar-refractivity contribution in [3.8, 4) is 0 Å². The minimum Gasteiger partial charge on any atom is -0.469 e. The topological polar surface area (TPSA) is 90.4 Å². The van der Waals surface area contributed by atoms with E-state index in [0.29, 0.717) is 32.6 Å². The molecule has 184 valence electrons. The highest BCUT2D eigenvalue weighted by atomic mass is 16.5. The van der Waals surface area contributed by atoms with Crippen LogP contribution in [0.3, 0.4) is 0 Å². The zero-order valence-electron chi connectivity index (χ0n) is 20.1. The van der Waals surface area contributed by atoms with Crippen LogP contribution < -0.4 is 0 Å². The second kappa shape index (κ2) is 10.6. The van der Waals surface area contributed by atoms with Gasteiger partial charge < -0.3 is 19.6 Å². The summed E-state index contributed by atoms with van der Waals surface area (Å²) in [6.07, 6.45) is 5.05. The molecule has 1 aromatic rings. The van der Waals surface area contributed by atoms with E-state index < -0.39 is 24.0 Å². The number of carbonyl (C=O) groups is 3. The van der Waals surface area contributed by atoms with E-state index in [1.54, 1.807) is 0 Å². The van der Waals surface area contributed by atoms with Crippen LogP contribution >= 0.6 is 0 Å². The zero-order valence-corrected chi connectivity index (χ0v) is 20.1. The smallest absolute Gasteiger partial charge is 0.407 e. The number of piperidine rings is 2. The van der Waals surface area contributed by atoms with Gasteiger partial charge in [-0.1, -0.05) is 36.4 Å². The Morgan fingerprint density at radius 3 is 2.50 bits per heavy atom. The molecule has 1 aromatic carbocycles. The van der Waals surface area contributed by atoms with Gasteiger partial charge in [0, 0.05) is 32.2 Å².